The SMILES string of the molecule is O=C(Cn1c(=O)oc2ccccc21)NC(=O)NC1CCCC1. The Labute approximate surface area is 126 Å². The van der Waals surface area contributed by atoms with Crippen molar-refractivity contribution in [3.63, 3.8) is 0 Å². The van der Waals surface area contributed by atoms with Gasteiger partial charge in [-0.3, -0.25) is 14.7 Å². The van der Waals surface area contributed by atoms with Crippen LogP contribution in [0.1, 0.15) is 25.7 Å². The maximum absolute atomic E-state index is 11.9. The van der Waals surface area contributed by atoms with Crippen molar-refractivity contribution in [2.75, 3.05) is 0 Å². The van der Waals surface area contributed by atoms with Crippen LogP contribution in [-0.4, -0.2) is 22.5 Å². The van der Waals surface area contributed by atoms with Crippen LogP contribution in [0.3, 0.4) is 0 Å². The average molecular weight is 303 g/mol. The highest BCUT2D eigenvalue weighted by Crippen LogP contribution is 2.17. The molecule has 2 N–H and O–H groups in total. The molecule has 0 saturated heterocycles. The van der Waals surface area contributed by atoms with Crippen LogP contribution in [0.15, 0.2) is 33.5 Å². The number of oxazole rings is 1. The Balaban J connectivity index is 1.64. The highest BCUT2D eigenvalue weighted by molar-refractivity contribution is 5.94. The third kappa shape index (κ3) is 3.03. The molecule has 116 valence electrons. The molecule has 1 fully saturated rings. The summed E-state index contributed by atoms with van der Waals surface area (Å²) < 4.78 is 6.24. The van der Waals surface area contributed by atoms with Gasteiger partial charge in [0.1, 0.15) is 6.54 Å². The summed E-state index contributed by atoms with van der Waals surface area (Å²) in [4.78, 5) is 35.4. The molecule has 0 bridgehead atoms. The molecule has 1 aliphatic rings. The molecule has 22 heavy (non-hydrogen) atoms. The van der Waals surface area contributed by atoms with Crippen molar-refractivity contribution in [2.24, 2.45) is 0 Å². The molecule has 0 radical (unpaired) electrons. The highest BCUT2D eigenvalue weighted by atomic mass is 16.4. The van der Waals surface area contributed by atoms with E-state index in [1.807, 2.05) is 0 Å². The van der Waals surface area contributed by atoms with Crippen LogP contribution in [0.25, 0.3) is 11.1 Å². The smallest absolute Gasteiger partial charge is 0.408 e. The zero-order valence-electron chi connectivity index (χ0n) is 12.0. The van der Waals surface area contributed by atoms with Gasteiger partial charge in [0, 0.05) is 6.04 Å². The monoisotopic (exact) mass is 303 g/mol. The summed E-state index contributed by atoms with van der Waals surface area (Å²) in [7, 11) is 0. The minimum Gasteiger partial charge on any atom is -0.408 e. The van der Waals surface area contributed by atoms with E-state index in [4.69, 9.17) is 4.42 Å². The maximum atomic E-state index is 11.9. The molecule has 1 aliphatic carbocycles. The Bertz CT molecular complexity index is 755. The third-order valence-corrected chi connectivity index (χ3v) is 3.82. The van der Waals surface area contributed by atoms with E-state index in [1.54, 1.807) is 24.3 Å². The molecule has 2 aromatic rings. The van der Waals surface area contributed by atoms with Crippen molar-refractivity contribution >= 4 is 23.0 Å². The van der Waals surface area contributed by atoms with Crippen LogP contribution in [0.5, 0.6) is 0 Å². The van der Waals surface area contributed by atoms with E-state index < -0.39 is 17.7 Å². The molecule has 1 saturated carbocycles. The number of hydrogen-bond acceptors (Lipinski definition) is 4. The van der Waals surface area contributed by atoms with Gasteiger partial charge in [-0.2, -0.15) is 0 Å². The van der Waals surface area contributed by atoms with Gasteiger partial charge in [-0.15, -0.1) is 0 Å². The fourth-order valence-electron chi connectivity index (χ4n) is 2.77. The lowest BCUT2D eigenvalue weighted by Crippen LogP contribution is -2.45. The standard InChI is InChI=1S/C15H17N3O4/c19-13(17-14(20)16-10-5-1-2-6-10)9-18-11-7-3-4-8-12(11)22-15(18)21/h3-4,7-8,10H,1-2,5-6,9H2,(H2,16,17,19,20). The molecule has 1 heterocycles. The number of hydrogen-bond donors (Lipinski definition) is 2. The molecule has 1 aromatic heterocycles. The number of fused-ring (bicyclic) bond motifs is 1. The van der Waals surface area contributed by atoms with Crippen molar-refractivity contribution < 1.29 is 14.0 Å². The molecular formula is C15H17N3O4. The number of urea groups is 1. The third-order valence-electron chi connectivity index (χ3n) is 3.82. The Kier molecular flexibility index (Phi) is 3.95. The minimum atomic E-state index is -0.618. The Morgan fingerprint density at radius 2 is 1.95 bits per heavy atom. The summed E-state index contributed by atoms with van der Waals surface area (Å²) in [6.45, 7) is -0.256. The Morgan fingerprint density at radius 1 is 1.23 bits per heavy atom. The van der Waals surface area contributed by atoms with Gasteiger partial charge in [-0.05, 0) is 25.0 Å². The van der Waals surface area contributed by atoms with Crippen LogP contribution in [-0.2, 0) is 11.3 Å². The second-order valence-corrected chi connectivity index (χ2v) is 5.42. The van der Waals surface area contributed by atoms with Gasteiger partial charge < -0.3 is 9.73 Å². The number of carbonyl (C=O) groups excluding carboxylic acids is 2. The fourth-order valence-corrected chi connectivity index (χ4v) is 2.77. The van der Waals surface area contributed by atoms with Gasteiger partial charge in [-0.1, -0.05) is 25.0 Å². The first kappa shape index (κ1) is 14.4. The molecule has 0 spiro atoms. The molecule has 0 atom stereocenters. The molecule has 0 aliphatic heterocycles. The number of para-hydroxylation sites is 2. The van der Waals surface area contributed by atoms with Crippen molar-refractivity contribution in [3.8, 4) is 0 Å². The van der Waals surface area contributed by atoms with E-state index in [1.165, 1.54) is 4.57 Å². The topological polar surface area (TPSA) is 93.3 Å². The molecular weight excluding hydrogens is 286 g/mol. The molecule has 3 rings (SSSR count). The Hall–Kier alpha value is -2.57. The zero-order valence-corrected chi connectivity index (χ0v) is 12.0. The van der Waals surface area contributed by atoms with Gasteiger partial charge in [-0.25, -0.2) is 9.59 Å². The number of rotatable bonds is 3. The minimum absolute atomic E-state index is 0.130. The number of amides is 3. The normalized spacial score (nSPS) is 15.1. The number of aromatic nitrogens is 1. The van der Waals surface area contributed by atoms with Crippen LogP contribution < -0.4 is 16.4 Å². The first-order chi connectivity index (χ1) is 10.6. The van der Waals surface area contributed by atoms with E-state index in [0.717, 1.165) is 25.7 Å². The first-order valence-electron chi connectivity index (χ1n) is 7.32. The van der Waals surface area contributed by atoms with Crippen molar-refractivity contribution in [2.45, 2.75) is 38.3 Å². The van der Waals surface area contributed by atoms with Crippen molar-refractivity contribution in [3.05, 3.63) is 34.8 Å². The lowest BCUT2D eigenvalue weighted by atomic mass is 10.2. The van der Waals surface area contributed by atoms with Crippen LogP contribution in [0, 0.1) is 0 Å². The van der Waals surface area contributed by atoms with Gasteiger partial charge in [0.15, 0.2) is 5.58 Å². The van der Waals surface area contributed by atoms with E-state index in [-0.39, 0.29) is 12.6 Å². The van der Waals surface area contributed by atoms with Crippen LogP contribution >= 0.6 is 0 Å². The quantitative estimate of drug-likeness (QED) is 0.895. The zero-order chi connectivity index (χ0) is 15.5. The van der Waals surface area contributed by atoms with E-state index in [2.05, 4.69) is 10.6 Å². The van der Waals surface area contributed by atoms with E-state index >= 15 is 0 Å². The summed E-state index contributed by atoms with van der Waals surface area (Å²) in [5.41, 5.74) is 0.939. The summed E-state index contributed by atoms with van der Waals surface area (Å²) in [5.74, 6) is -1.17. The molecule has 0 unspecified atom stereocenters. The second-order valence-electron chi connectivity index (χ2n) is 5.42. The number of nitrogens with one attached hydrogen (secondary N) is 2. The average Bonchev–Trinajstić information content (AvgIpc) is 3.08. The molecule has 7 nitrogen and oxygen atoms in total. The predicted octanol–water partition coefficient (Wildman–Crippen LogP) is 1.36. The lowest BCUT2D eigenvalue weighted by molar-refractivity contribution is -0.120. The van der Waals surface area contributed by atoms with Gasteiger partial charge in [0.25, 0.3) is 0 Å². The summed E-state index contributed by atoms with van der Waals surface area (Å²) >= 11 is 0. The molecule has 3 amide bonds. The van der Waals surface area contributed by atoms with Crippen molar-refractivity contribution in [1.82, 2.24) is 15.2 Å². The summed E-state index contributed by atoms with van der Waals surface area (Å²) in [6.07, 6.45) is 4.06. The van der Waals surface area contributed by atoms with Crippen LogP contribution in [0.4, 0.5) is 4.79 Å². The first-order valence-corrected chi connectivity index (χ1v) is 7.32. The van der Waals surface area contributed by atoms with Gasteiger partial charge in [0.05, 0.1) is 5.52 Å². The number of benzene rings is 1. The van der Waals surface area contributed by atoms with Gasteiger partial charge >= 0.3 is 11.8 Å². The largest absolute Gasteiger partial charge is 0.420 e. The number of carbonyl (C=O) groups is 2. The summed E-state index contributed by atoms with van der Waals surface area (Å²) in [5, 5.41) is 5.01. The second kappa shape index (κ2) is 6.05. The van der Waals surface area contributed by atoms with Crippen molar-refractivity contribution in [1.29, 1.82) is 0 Å². The molecule has 1 aromatic carbocycles. The fraction of sp³-hybridized carbons (Fsp3) is 0.400. The Morgan fingerprint density at radius 3 is 2.73 bits per heavy atom. The van der Waals surface area contributed by atoms with E-state index in [0.29, 0.717) is 11.1 Å². The maximum Gasteiger partial charge on any atom is 0.420 e. The lowest BCUT2D eigenvalue weighted by Gasteiger charge is -2.12. The summed E-state index contributed by atoms with van der Waals surface area (Å²) in [6, 6.07) is 6.44. The number of imide groups is 1. The molecule has 7 heteroatoms. The van der Waals surface area contributed by atoms with Crippen LogP contribution in [0.2, 0.25) is 0 Å². The van der Waals surface area contributed by atoms with E-state index in [9.17, 15) is 14.4 Å². The highest BCUT2D eigenvalue weighted by Gasteiger charge is 2.19. The predicted molar refractivity (Wildman–Crippen MR) is 79.4 cm³/mol. The van der Waals surface area contributed by atoms with Gasteiger partial charge in [0.2, 0.25) is 5.91 Å². The number of nitrogens with zero attached hydrogens (tertiary/aromatic N) is 1.